The summed E-state index contributed by atoms with van der Waals surface area (Å²) in [5.41, 5.74) is 1.95. The fraction of sp³-hybridized carbons (Fsp3) is 0.417. The number of ether oxygens (including phenoxy) is 1. The Hall–Kier alpha value is -2.05. The second-order valence-corrected chi connectivity index (χ2v) is 8.60. The Labute approximate surface area is 198 Å². The number of benzene rings is 2. The number of nitrogens with one attached hydrogen (secondary N) is 1. The molecule has 7 heteroatoms. The third kappa shape index (κ3) is 7.54. The summed E-state index contributed by atoms with van der Waals surface area (Å²) in [6, 6.07) is 12.4. The van der Waals surface area contributed by atoms with E-state index in [1.54, 1.807) is 13.0 Å². The lowest BCUT2D eigenvalue weighted by Crippen LogP contribution is -2.49. The fourth-order valence-corrected chi connectivity index (χ4v) is 3.77. The number of amides is 2. The summed E-state index contributed by atoms with van der Waals surface area (Å²) in [5.74, 6) is 0.107. The Morgan fingerprint density at radius 2 is 1.94 bits per heavy atom. The molecule has 0 aliphatic rings. The van der Waals surface area contributed by atoms with Gasteiger partial charge in [-0.05, 0) is 65.0 Å². The van der Waals surface area contributed by atoms with E-state index in [1.807, 2.05) is 36.4 Å². The highest BCUT2D eigenvalue weighted by Gasteiger charge is 2.27. The molecule has 2 amide bonds. The number of carbonyl (C=O) groups is 2. The quantitative estimate of drug-likeness (QED) is 0.414. The molecular formula is C24H30BrClN2O3. The normalized spacial score (nSPS) is 11.6. The van der Waals surface area contributed by atoms with Crippen LogP contribution in [0, 0.1) is 0 Å². The van der Waals surface area contributed by atoms with Crippen molar-refractivity contribution in [1.82, 2.24) is 10.2 Å². The van der Waals surface area contributed by atoms with Crippen LogP contribution in [-0.4, -0.2) is 35.9 Å². The van der Waals surface area contributed by atoms with Crippen molar-refractivity contribution in [2.75, 3.05) is 13.2 Å². The second kappa shape index (κ2) is 12.7. The second-order valence-electron chi connectivity index (χ2n) is 7.34. The number of unbranched alkanes of at least 4 members (excludes halogenated alkanes) is 1. The maximum atomic E-state index is 13.1. The van der Waals surface area contributed by atoms with Gasteiger partial charge in [-0.3, -0.25) is 9.59 Å². The van der Waals surface area contributed by atoms with Gasteiger partial charge >= 0.3 is 0 Å². The molecule has 2 aromatic rings. The maximum absolute atomic E-state index is 13.1. The molecule has 0 fully saturated rings. The maximum Gasteiger partial charge on any atom is 0.261 e. The van der Waals surface area contributed by atoms with Crippen molar-refractivity contribution in [3.63, 3.8) is 0 Å². The molecule has 168 valence electrons. The lowest BCUT2D eigenvalue weighted by atomic mass is 10.1. The van der Waals surface area contributed by atoms with Gasteiger partial charge in [0.25, 0.3) is 5.91 Å². The van der Waals surface area contributed by atoms with Gasteiger partial charge in [-0.25, -0.2) is 0 Å². The van der Waals surface area contributed by atoms with E-state index in [9.17, 15) is 9.59 Å². The van der Waals surface area contributed by atoms with Crippen molar-refractivity contribution >= 4 is 39.3 Å². The first kappa shape index (κ1) is 25.2. The van der Waals surface area contributed by atoms with Gasteiger partial charge in [-0.1, -0.05) is 56.1 Å². The van der Waals surface area contributed by atoms with Gasteiger partial charge < -0.3 is 15.0 Å². The number of hydrogen-bond donors (Lipinski definition) is 1. The summed E-state index contributed by atoms with van der Waals surface area (Å²) in [6.07, 6.45) is 2.78. The van der Waals surface area contributed by atoms with Gasteiger partial charge in [0.15, 0.2) is 6.61 Å². The van der Waals surface area contributed by atoms with E-state index in [-0.39, 0.29) is 25.0 Å². The van der Waals surface area contributed by atoms with Crippen LogP contribution in [0.25, 0.3) is 0 Å². The third-order valence-corrected chi connectivity index (χ3v) is 6.04. The molecule has 0 saturated carbocycles. The topological polar surface area (TPSA) is 58.6 Å². The van der Waals surface area contributed by atoms with Crippen LogP contribution in [0.2, 0.25) is 5.02 Å². The molecule has 0 saturated heterocycles. The number of halogens is 2. The average molecular weight is 510 g/mol. The van der Waals surface area contributed by atoms with Crippen LogP contribution in [0.5, 0.6) is 5.75 Å². The molecule has 0 bridgehead atoms. The highest BCUT2D eigenvalue weighted by atomic mass is 79.9. The van der Waals surface area contributed by atoms with Crippen LogP contribution in [0.3, 0.4) is 0 Å². The summed E-state index contributed by atoms with van der Waals surface area (Å²) in [7, 11) is 0. The van der Waals surface area contributed by atoms with Crippen molar-refractivity contribution in [3.05, 3.63) is 63.1 Å². The summed E-state index contributed by atoms with van der Waals surface area (Å²) >= 11 is 9.80. The van der Waals surface area contributed by atoms with E-state index in [0.29, 0.717) is 17.3 Å². The highest BCUT2D eigenvalue weighted by molar-refractivity contribution is 9.10. The lowest BCUT2D eigenvalue weighted by Gasteiger charge is -2.29. The molecular weight excluding hydrogens is 480 g/mol. The van der Waals surface area contributed by atoms with Crippen molar-refractivity contribution in [3.8, 4) is 5.75 Å². The molecule has 0 spiro atoms. The zero-order valence-electron chi connectivity index (χ0n) is 18.3. The third-order valence-electron chi connectivity index (χ3n) is 5.05. The SMILES string of the molecule is CCCCNC(=O)C(C)N(Cc1ccccc1Cl)C(=O)COc1ccc(CC)cc1Br. The summed E-state index contributed by atoms with van der Waals surface area (Å²) < 4.78 is 6.57. The van der Waals surface area contributed by atoms with Crippen LogP contribution in [0.1, 0.15) is 44.7 Å². The van der Waals surface area contributed by atoms with E-state index >= 15 is 0 Å². The summed E-state index contributed by atoms with van der Waals surface area (Å²) in [6.45, 7) is 6.49. The Morgan fingerprint density at radius 3 is 2.58 bits per heavy atom. The van der Waals surface area contributed by atoms with Gasteiger partial charge in [0.1, 0.15) is 11.8 Å². The van der Waals surface area contributed by atoms with Crippen LogP contribution < -0.4 is 10.1 Å². The predicted octanol–water partition coefficient (Wildman–Crippen LogP) is 5.38. The number of hydrogen-bond acceptors (Lipinski definition) is 3. The van der Waals surface area contributed by atoms with Gasteiger partial charge in [-0.2, -0.15) is 0 Å². The number of nitrogens with zero attached hydrogens (tertiary/aromatic N) is 1. The first-order valence-corrected chi connectivity index (χ1v) is 11.8. The average Bonchev–Trinajstić information content (AvgIpc) is 2.77. The van der Waals surface area contributed by atoms with Crippen molar-refractivity contribution in [1.29, 1.82) is 0 Å². The molecule has 0 aromatic heterocycles. The van der Waals surface area contributed by atoms with Gasteiger partial charge in [0.2, 0.25) is 5.91 Å². The standard InChI is InChI=1S/C24H30BrClN2O3/c1-4-6-13-27-24(30)17(3)28(15-19-9-7-8-10-21(19)26)23(29)16-31-22-12-11-18(5-2)14-20(22)25/h7-12,14,17H,4-6,13,15-16H2,1-3H3,(H,27,30). The summed E-state index contributed by atoms with van der Waals surface area (Å²) in [5, 5.41) is 3.45. The minimum Gasteiger partial charge on any atom is -0.483 e. The van der Waals surface area contributed by atoms with E-state index < -0.39 is 6.04 Å². The van der Waals surface area contributed by atoms with Crippen molar-refractivity contribution in [2.45, 2.75) is 52.6 Å². The Morgan fingerprint density at radius 1 is 1.19 bits per heavy atom. The molecule has 1 atom stereocenters. The molecule has 0 aliphatic heterocycles. The van der Waals surface area contributed by atoms with Gasteiger partial charge in [0.05, 0.1) is 4.47 Å². The molecule has 2 aromatic carbocycles. The molecule has 0 radical (unpaired) electrons. The zero-order valence-corrected chi connectivity index (χ0v) is 20.6. The van der Waals surface area contributed by atoms with E-state index in [4.69, 9.17) is 16.3 Å². The lowest BCUT2D eigenvalue weighted by molar-refractivity contribution is -0.142. The van der Waals surface area contributed by atoms with Crippen LogP contribution in [0.15, 0.2) is 46.9 Å². The Kier molecular flexibility index (Phi) is 10.3. The van der Waals surface area contributed by atoms with Crippen molar-refractivity contribution < 1.29 is 14.3 Å². The first-order valence-electron chi connectivity index (χ1n) is 10.6. The van der Waals surface area contributed by atoms with Gasteiger partial charge in [0, 0.05) is 18.1 Å². The van der Waals surface area contributed by atoms with Gasteiger partial charge in [-0.15, -0.1) is 0 Å². The van der Waals surface area contributed by atoms with Crippen LogP contribution in [-0.2, 0) is 22.6 Å². The molecule has 2 rings (SSSR count). The molecule has 1 unspecified atom stereocenters. The molecule has 1 N–H and O–H groups in total. The van der Waals surface area contributed by atoms with Crippen molar-refractivity contribution in [2.24, 2.45) is 0 Å². The van der Waals surface area contributed by atoms with E-state index in [2.05, 4.69) is 35.1 Å². The highest BCUT2D eigenvalue weighted by Crippen LogP contribution is 2.26. The fourth-order valence-electron chi connectivity index (χ4n) is 3.03. The van der Waals surface area contributed by atoms with Crippen LogP contribution >= 0.6 is 27.5 Å². The minimum atomic E-state index is -0.657. The molecule has 0 aliphatic carbocycles. The van der Waals surface area contributed by atoms with E-state index in [0.717, 1.165) is 29.3 Å². The zero-order chi connectivity index (χ0) is 22.8. The summed E-state index contributed by atoms with van der Waals surface area (Å²) in [4.78, 5) is 27.3. The molecule has 0 heterocycles. The first-order chi connectivity index (χ1) is 14.9. The van der Waals surface area contributed by atoms with E-state index in [1.165, 1.54) is 10.5 Å². The molecule has 5 nitrogen and oxygen atoms in total. The Bertz CT molecular complexity index is 891. The number of carbonyl (C=O) groups excluding carboxylic acids is 2. The monoisotopic (exact) mass is 508 g/mol. The minimum absolute atomic E-state index is 0.179. The smallest absolute Gasteiger partial charge is 0.261 e. The van der Waals surface area contributed by atoms with Crippen LogP contribution in [0.4, 0.5) is 0 Å². The number of rotatable bonds is 11. The number of aryl methyl sites for hydroxylation is 1. The Balaban J connectivity index is 2.15. The largest absolute Gasteiger partial charge is 0.483 e. The molecule has 31 heavy (non-hydrogen) atoms. The predicted molar refractivity (Wildman–Crippen MR) is 128 cm³/mol.